The summed E-state index contributed by atoms with van der Waals surface area (Å²) >= 11 is 0. The van der Waals surface area contributed by atoms with E-state index in [-0.39, 0.29) is 5.48 Å². The second-order valence-electron chi connectivity index (χ2n) is 5.00. The van der Waals surface area contributed by atoms with Gasteiger partial charge in [-0.25, -0.2) is 0 Å². The number of rotatable bonds is 7. The highest BCUT2D eigenvalue weighted by Gasteiger charge is 2.14. The lowest BCUT2D eigenvalue weighted by molar-refractivity contribution is -0.903. The van der Waals surface area contributed by atoms with Gasteiger partial charge in [-0.3, -0.25) is 0 Å². The fraction of sp³-hybridized carbons (Fsp3) is 0.467. The molecule has 0 bridgehead atoms. The molecule has 3 nitrogen and oxygen atoms in total. The molecule has 0 radical (unpaired) electrons. The standard InChI is InChI=1S/C15H24NO.H2O/c1-4-12-17-13-8-11-16(2,3)14-15-9-6-5-7-10-15;/h4-7,9-10,12H,8,11,13-14H2,1-3H3;1H2/q+1;/p-1. The van der Waals surface area contributed by atoms with Crippen molar-refractivity contribution in [3.63, 3.8) is 0 Å². The van der Waals surface area contributed by atoms with Gasteiger partial charge in [-0.1, -0.05) is 36.4 Å². The van der Waals surface area contributed by atoms with Crippen LogP contribution in [-0.4, -0.2) is 37.2 Å². The second-order valence-corrected chi connectivity index (χ2v) is 5.00. The highest BCUT2D eigenvalue weighted by Crippen LogP contribution is 2.09. The maximum absolute atomic E-state index is 5.34. The SMILES string of the molecule is CC=COCCC[N+](C)(C)Cc1ccccc1.[OH-]. The molecule has 1 rings (SSSR count). The van der Waals surface area contributed by atoms with Crippen LogP contribution in [0.15, 0.2) is 42.7 Å². The number of allylic oxidation sites excluding steroid dienone is 1. The zero-order chi connectivity index (χ0) is 12.6. The van der Waals surface area contributed by atoms with E-state index in [2.05, 4.69) is 44.4 Å². The van der Waals surface area contributed by atoms with Gasteiger partial charge in [-0.15, -0.1) is 0 Å². The highest BCUT2D eigenvalue weighted by atomic mass is 16.5. The van der Waals surface area contributed by atoms with Gasteiger partial charge in [0.2, 0.25) is 0 Å². The van der Waals surface area contributed by atoms with E-state index in [4.69, 9.17) is 4.74 Å². The minimum absolute atomic E-state index is 0. The molecule has 0 atom stereocenters. The van der Waals surface area contributed by atoms with Crippen LogP contribution in [0.5, 0.6) is 0 Å². The molecule has 0 aliphatic carbocycles. The molecule has 102 valence electrons. The Hall–Kier alpha value is -1.32. The zero-order valence-corrected chi connectivity index (χ0v) is 11.7. The van der Waals surface area contributed by atoms with Crippen molar-refractivity contribution in [3.05, 3.63) is 48.2 Å². The smallest absolute Gasteiger partial charge is 0.104 e. The quantitative estimate of drug-likeness (QED) is 0.424. The van der Waals surface area contributed by atoms with Gasteiger partial charge in [-0.2, -0.15) is 0 Å². The average Bonchev–Trinajstić information content (AvgIpc) is 2.29. The van der Waals surface area contributed by atoms with Crippen LogP contribution in [0, 0.1) is 0 Å². The van der Waals surface area contributed by atoms with Gasteiger partial charge in [0.25, 0.3) is 0 Å². The van der Waals surface area contributed by atoms with E-state index in [1.54, 1.807) is 6.26 Å². The Morgan fingerprint density at radius 1 is 1.17 bits per heavy atom. The van der Waals surface area contributed by atoms with Crippen LogP contribution in [0.2, 0.25) is 0 Å². The number of hydrogen-bond donors (Lipinski definition) is 0. The first-order chi connectivity index (χ1) is 8.14. The third-order valence-corrected chi connectivity index (χ3v) is 2.71. The molecule has 0 unspecified atom stereocenters. The molecule has 3 heteroatoms. The van der Waals surface area contributed by atoms with Crippen LogP contribution < -0.4 is 0 Å². The lowest BCUT2D eigenvalue weighted by Gasteiger charge is -2.29. The van der Waals surface area contributed by atoms with Gasteiger partial charge in [0, 0.05) is 12.0 Å². The van der Waals surface area contributed by atoms with Crippen LogP contribution >= 0.6 is 0 Å². The summed E-state index contributed by atoms with van der Waals surface area (Å²) in [4.78, 5) is 0. The van der Waals surface area contributed by atoms with E-state index < -0.39 is 0 Å². The van der Waals surface area contributed by atoms with Crippen LogP contribution in [0.3, 0.4) is 0 Å². The number of nitrogens with zero attached hydrogens (tertiary/aromatic N) is 1. The molecule has 0 amide bonds. The fourth-order valence-electron chi connectivity index (χ4n) is 1.90. The number of ether oxygens (including phenoxy) is 1. The Labute approximate surface area is 111 Å². The van der Waals surface area contributed by atoms with Gasteiger partial charge in [0.1, 0.15) is 6.54 Å². The summed E-state index contributed by atoms with van der Waals surface area (Å²) in [5.74, 6) is 0. The van der Waals surface area contributed by atoms with E-state index in [1.165, 1.54) is 5.56 Å². The predicted octanol–water partition coefficient (Wildman–Crippen LogP) is 3.03. The largest absolute Gasteiger partial charge is 0.870 e. The molecule has 1 aromatic rings. The lowest BCUT2D eigenvalue weighted by Crippen LogP contribution is -2.39. The second kappa shape index (κ2) is 8.72. The molecule has 0 aliphatic rings. The Bertz CT molecular complexity index is 334. The Morgan fingerprint density at radius 2 is 1.83 bits per heavy atom. The first-order valence-corrected chi connectivity index (χ1v) is 6.23. The minimum Gasteiger partial charge on any atom is -0.870 e. The van der Waals surface area contributed by atoms with Gasteiger partial charge in [-0.05, 0) is 6.92 Å². The summed E-state index contributed by atoms with van der Waals surface area (Å²) in [5, 5.41) is 0. The third kappa shape index (κ3) is 7.09. The molecule has 0 saturated heterocycles. The Kier molecular flexibility index (Phi) is 8.08. The number of benzene rings is 1. The normalized spacial score (nSPS) is 11.3. The predicted molar refractivity (Wildman–Crippen MR) is 74.4 cm³/mol. The van der Waals surface area contributed by atoms with Gasteiger partial charge in [0.05, 0.1) is 33.5 Å². The van der Waals surface area contributed by atoms with Crippen LogP contribution in [0.25, 0.3) is 0 Å². The summed E-state index contributed by atoms with van der Waals surface area (Å²) in [7, 11) is 4.53. The molecular formula is C15H25NO2. The van der Waals surface area contributed by atoms with Crippen molar-refractivity contribution in [1.29, 1.82) is 0 Å². The molecule has 1 N–H and O–H groups in total. The van der Waals surface area contributed by atoms with Gasteiger partial charge >= 0.3 is 0 Å². The lowest BCUT2D eigenvalue weighted by atomic mass is 10.2. The molecule has 0 saturated carbocycles. The Balaban J connectivity index is 0.00000289. The number of hydrogen-bond acceptors (Lipinski definition) is 2. The summed E-state index contributed by atoms with van der Waals surface area (Å²) in [6.45, 7) is 4.98. The fourth-order valence-corrected chi connectivity index (χ4v) is 1.90. The van der Waals surface area contributed by atoms with E-state index in [0.29, 0.717) is 0 Å². The van der Waals surface area contributed by atoms with E-state index in [1.807, 2.05) is 13.0 Å². The van der Waals surface area contributed by atoms with Crippen molar-refractivity contribution in [3.8, 4) is 0 Å². The van der Waals surface area contributed by atoms with Gasteiger partial charge in [0.15, 0.2) is 0 Å². The van der Waals surface area contributed by atoms with Crippen molar-refractivity contribution in [2.45, 2.75) is 19.9 Å². The maximum atomic E-state index is 5.34. The zero-order valence-electron chi connectivity index (χ0n) is 11.7. The van der Waals surface area contributed by atoms with Crippen molar-refractivity contribution in [2.75, 3.05) is 27.2 Å². The van der Waals surface area contributed by atoms with E-state index in [0.717, 1.165) is 30.6 Å². The molecular weight excluding hydrogens is 226 g/mol. The first-order valence-electron chi connectivity index (χ1n) is 6.23. The molecule has 0 aromatic heterocycles. The summed E-state index contributed by atoms with van der Waals surface area (Å²) in [5.41, 5.74) is 1.40. The Morgan fingerprint density at radius 3 is 2.44 bits per heavy atom. The molecule has 0 fully saturated rings. The maximum Gasteiger partial charge on any atom is 0.104 e. The third-order valence-electron chi connectivity index (χ3n) is 2.71. The molecule has 0 heterocycles. The molecule has 1 aromatic carbocycles. The summed E-state index contributed by atoms with van der Waals surface area (Å²) in [6, 6.07) is 10.6. The van der Waals surface area contributed by atoms with Crippen molar-refractivity contribution < 1.29 is 14.7 Å². The topological polar surface area (TPSA) is 39.2 Å². The van der Waals surface area contributed by atoms with Crippen molar-refractivity contribution in [1.82, 2.24) is 0 Å². The van der Waals surface area contributed by atoms with Crippen LogP contribution in [-0.2, 0) is 11.3 Å². The highest BCUT2D eigenvalue weighted by molar-refractivity contribution is 5.13. The van der Waals surface area contributed by atoms with Crippen LogP contribution in [0.1, 0.15) is 18.9 Å². The van der Waals surface area contributed by atoms with Gasteiger partial charge < -0.3 is 14.7 Å². The molecule has 0 aliphatic heterocycles. The first kappa shape index (κ1) is 16.7. The van der Waals surface area contributed by atoms with Crippen molar-refractivity contribution in [2.24, 2.45) is 0 Å². The molecule has 18 heavy (non-hydrogen) atoms. The minimum atomic E-state index is 0. The summed E-state index contributed by atoms with van der Waals surface area (Å²) in [6.07, 6.45) is 4.77. The molecule has 0 spiro atoms. The monoisotopic (exact) mass is 251 g/mol. The van der Waals surface area contributed by atoms with Crippen LogP contribution in [0.4, 0.5) is 0 Å². The van der Waals surface area contributed by atoms with E-state index >= 15 is 0 Å². The average molecular weight is 251 g/mol. The summed E-state index contributed by atoms with van der Waals surface area (Å²) < 4.78 is 6.34. The van der Waals surface area contributed by atoms with Crippen molar-refractivity contribution >= 4 is 0 Å². The number of quaternary nitrogens is 1. The van der Waals surface area contributed by atoms with E-state index in [9.17, 15) is 0 Å².